The van der Waals surface area contributed by atoms with Crippen molar-refractivity contribution in [2.45, 2.75) is 20.4 Å². The lowest BCUT2D eigenvalue weighted by Gasteiger charge is -2.18. The second-order valence-corrected chi connectivity index (χ2v) is 8.29. The third kappa shape index (κ3) is 8.06. The molecule has 2 nitrogen and oxygen atoms in total. The van der Waals surface area contributed by atoms with Crippen LogP contribution < -0.4 is 4.57 Å². The van der Waals surface area contributed by atoms with Gasteiger partial charge in [-0.25, -0.2) is 0 Å². The van der Waals surface area contributed by atoms with Crippen molar-refractivity contribution in [3.05, 3.63) is 103 Å². The number of halogens is 4. The van der Waals surface area contributed by atoms with Crippen LogP contribution in [0.4, 0.5) is 17.3 Å². The van der Waals surface area contributed by atoms with Crippen LogP contribution in [0.25, 0.3) is 33.6 Å². The van der Waals surface area contributed by atoms with Gasteiger partial charge in [0, 0.05) is 23.3 Å². The molecule has 188 valence electrons. The Balaban J connectivity index is 0.000000658. The first kappa shape index (κ1) is 27.1. The summed E-state index contributed by atoms with van der Waals surface area (Å²) in [5.74, 6) is 0. The second-order valence-electron chi connectivity index (χ2n) is 8.29. The summed E-state index contributed by atoms with van der Waals surface area (Å²) in [5, 5.41) is 0. The minimum Gasteiger partial charge on any atom is -0.418 e. The van der Waals surface area contributed by atoms with E-state index in [0.29, 0.717) is 0 Å². The van der Waals surface area contributed by atoms with Crippen molar-refractivity contribution in [2.75, 3.05) is 19.6 Å². The smallest absolute Gasteiger partial charge is 0.418 e. The van der Waals surface area contributed by atoms with Crippen molar-refractivity contribution in [3.63, 3.8) is 0 Å². The lowest BCUT2D eigenvalue weighted by Crippen LogP contribution is -2.44. The highest BCUT2D eigenvalue weighted by molar-refractivity contribution is 6.50. The van der Waals surface area contributed by atoms with Crippen molar-refractivity contribution in [2.24, 2.45) is 0 Å². The Morgan fingerprint density at radius 3 is 1.31 bits per heavy atom. The fraction of sp³-hybridized carbons (Fsp3) is 0.207. The molecular weight excluding hydrogens is 463 g/mol. The van der Waals surface area contributed by atoms with Crippen LogP contribution in [-0.4, -0.2) is 31.8 Å². The van der Waals surface area contributed by atoms with E-state index in [-0.39, 0.29) is 0 Å². The molecule has 0 atom stereocenters. The molecule has 0 saturated heterocycles. The van der Waals surface area contributed by atoms with Crippen LogP contribution in [0, 0.1) is 0 Å². The van der Waals surface area contributed by atoms with E-state index in [2.05, 4.69) is 126 Å². The van der Waals surface area contributed by atoms with Gasteiger partial charge < -0.3 is 17.3 Å². The molecule has 1 heterocycles. The molecule has 0 radical (unpaired) electrons. The Kier molecular flexibility index (Phi) is 9.82. The summed E-state index contributed by atoms with van der Waals surface area (Å²) in [5.41, 5.74) is 7.50. The number of hydrogen-bond acceptors (Lipinski definition) is 1. The quantitative estimate of drug-likeness (QED) is 0.139. The van der Waals surface area contributed by atoms with Crippen LogP contribution in [0.5, 0.6) is 0 Å². The first-order valence-corrected chi connectivity index (χ1v) is 12.1. The van der Waals surface area contributed by atoms with Crippen molar-refractivity contribution in [3.8, 4) is 33.6 Å². The largest absolute Gasteiger partial charge is 0.673 e. The molecule has 0 saturated carbocycles. The standard InChI is InChI=1S/C29H31N2.BF4/c1-3-30(4-2)20-21-31-28(25-16-10-6-11-17-25)22-27(24-14-8-5-9-15-24)23-29(31)26-18-12-7-13-19-26;2-1(3,4)5/h5-19,22-23H,3-4,20-21H2,1-2H3;/q+1;-1. The Morgan fingerprint density at radius 1 is 0.583 bits per heavy atom. The number of rotatable bonds is 8. The maximum atomic E-state index is 9.75. The van der Waals surface area contributed by atoms with Crippen LogP contribution in [0.1, 0.15) is 13.8 Å². The topological polar surface area (TPSA) is 7.12 Å². The molecule has 4 aromatic rings. The highest BCUT2D eigenvalue weighted by Gasteiger charge is 2.23. The maximum absolute atomic E-state index is 9.75. The normalized spacial score (nSPS) is 11.2. The van der Waals surface area contributed by atoms with Gasteiger partial charge in [0.2, 0.25) is 11.4 Å². The highest BCUT2D eigenvalue weighted by Crippen LogP contribution is 2.29. The lowest BCUT2D eigenvalue weighted by molar-refractivity contribution is -0.675. The molecule has 36 heavy (non-hydrogen) atoms. The van der Waals surface area contributed by atoms with E-state index in [1.807, 2.05) is 0 Å². The summed E-state index contributed by atoms with van der Waals surface area (Å²) in [6, 6.07) is 36.9. The number of aromatic nitrogens is 1. The molecule has 3 aromatic carbocycles. The molecule has 0 unspecified atom stereocenters. The Hall–Kier alpha value is -3.45. The van der Waals surface area contributed by atoms with Crippen LogP contribution in [0.15, 0.2) is 103 Å². The van der Waals surface area contributed by atoms with Crippen molar-refractivity contribution < 1.29 is 21.8 Å². The molecule has 0 aliphatic carbocycles. The van der Waals surface area contributed by atoms with Gasteiger partial charge in [-0.2, -0.15) is 4.57 Å². The van der Waals surface area contributed by atoms with Crippen molar-refractivity contribution in [1.82, 2.24) is 4.90 Å². The molecule has 0 aliphatic rings. The zero-order chi connectivity index (χ0) is 26.0. The lowest BCUT2D eigenvalue weighted by atomic mass is 9.99. The number of likely N-dealkylation sites (N-methyl/N-ethyl adjacent to an activating group) is 1. The molecule has 0 fully saturated rings. The predicted molar refractivity (Wildman–Crippen MR) is 141 cm³/mol. The minimum atomic E-state index is -6.00. The van der Waals surface area contributed by atoms with Gasteiger partial charge in [-0.3, -0.25) is 4.90 Å². The van der Waals surface area contributed by atoms with Gasteiger partial charge >= 0.3 is 7.25 Å². The van der Waals surface area contributed by atoms with E-state index >= 15 is 0 Å². The summed E-state index contributed by atoms with van der Waals surface area (Å²) < 4.78 is 41.5. The van der Waals surface area contributed by atoms with Gasteiger partial charge in [-0.15, -0.1) is 0 Å². The monoisotopic (exact) mass is 494 g/mol. The zero-order valence-corrected chi connectivity index (χ0v) is 20.6. The molecule has 0 amide bonds. The molecule has 1 aromatic heterocycles. The second kappa shape index (κ2) is 13.0. The molecule has 0 bridgehead atoms. The summed E-state index contributed by atoms with van der Waals surface area (Å²) in [6.07, 6.45) is 0. The summed E-state index contributed by atoms with van der Waals surface area (Å²) in [6.45, 7) is 8.60. The third-order valence-electron chi connectivity index (χ3n) is 5.95. The number of nitrogens with zero attached hydrogens (tertiary/aromatic N) is 2. The van der Waals surface area contributed by atoms with Gasteiger partial charge in [0.1, 0.15) is 0 Å². The van der Waals surface area contributed by atoms with E-state index in [1.165, 1.54) is 33.6 Å². The summed E-state index contributed by atoms with van der Waals surface area (Å²) in [7, 11) is -6.00. The molecule has 0 spiro atoms. The SMILES string of the molecule is CCN(CC)CC[n+]1c(-c2ccccc2)cc(-c2ccccc2)cc1-c1ccccc1.F[B-](F)(F)F. The number of pyridine rings is 1. The van der Waals surface area contributed by atoms with Gasteiger partial charge in [-0.05, 0) is 48.5 Å². The maximum Gasteiger partial charge on any atom is 0.673 e. The van der Waals surface area contributed by atoms with E-state index in [0.717, 1.165) is 26.2 Å². The van der Waals surface area contributed by atoms with Crippen molar-refractivity contribution in [1.29, 1.82) is 0 Å². The Morgan fingerprint density at radius 2 is 0.944 bits per heavy atom. The van der Waals surface area contributed by atoms with Gasteiger partial charge in [0.25, 0.3) is 0 Å². The predicted octanol–water partition coefficient (Wildman–Crippen LogP) is 7.62. The average Bonchev–Trinajstić information content (AvgIpc) is 2.89. The number of hydrogen-bond donors (Lipinski definition) is 0. The number of benzene rings is 3. The van der Waals surface area contributed by atoms with Gasteiger partial charge in [0.05, 0.1) is 6.54 Å². The van der Waals surface area contributed by atoms with Crippen molar-refractivity contribution >= 4 is 7.25 Å². The minimum absolute atomic E-state index is 0.950. The average molecular weight is 494 g/mol. The van der Waals surface area contributed by atoms with E-state index < -0.39 is 7.25 Å². The van der Waals surface area contributed by atoms with Crippen LogP contribution in [0.3, 0.4) is 0 Å². The third-order valence-corrected chi connectivity index (χ3v) is 5.95. The first-order valence-electron chi connectivity index (χ1n) is 12.1. The van der Waals surface area contributed by atoms with E-state index in [4.69, 9.17) is 0 Å². The fourth-order valence-electron chi connectivity index (χ4n) is 4.14. The van der Waals surface area contributed by atoms with Crippen LogP contribution in [0.2, 0.25) is 0 Å². The highest BCUT2D eigenvalue weighted by atomic mass is 19.5. The zero-order valence-electron chi connectivity index (χ0n) is 20.6. The summed E-state index contributed by atoms with van der Waals surface area (Å²) in [4.78, 5) is 2.49. The Bertz CT molecular complexity index is 1130. The van der Waals surface area contributed by atoms with Crippen LogP contribution >= 0.6 is 0 Å². The first-order chi connectivity index (χ1) is 17.3. The van der Waals surface area contributed by atoms with E-state index in [1.54, 1.807) is 0 Å². The molecule has 0 N–H and O–H groups in total. The summed E-state index contributed by atoms with van der Waals surface area (Å²) >= 11 is 0. The fourth-order valence-corrected chi connectivity index (χ4v) is 4.14. The molecular formula is C29H31BF4N2. The van der Waals surface area contributed by atoms with Gasteiger partial charge in [0.15, 0.2) is 6.54 Å². The van der Waals surface area contributed by atoms with E-state index in [9.17, 15) is 17.3 Å². The van der Waals surface area contributed by atoms with Crippen LogP contribution in [-0.2, 0) is 6.54 Å². The molecule has 0 aliphatic heterocycles. The Labute approximate surface area is 211 Å². The van der Waals surface area contributed by atoms with Gasteiger partial charge in [-0.1, -0.05) is 80.6 Å². The molecule has 4 rings (SSSR count). The molecule has 7 heteroatoms.